The minimum absolute atomic E-state index is 0.119. The van der Waals surface area contributed by atoms with Crippen LogP contribution in [0.1, 0.15) is 147 Å². The number of nitrogens with one attached hydrogen (secondary N) is 1. The molecule has 5 rings (SSSR count). The lowest BCUT2D eigenvalue weighted by Gasteiger charge is -2.28. The number of benzene rings is 3. The Morgan fingerprint density at radius 1 is 0.660 bits per heavy atom. The smallest absolute Gasteiger partial charge is 0.355 e. The van der Waals surface area contributed by atoms with E-state index in [0.29, 0.717) is 11.4 Å². The van der Waals surface area contributed by atoms with E-state index in [1.54, 1.807) is 0 Å². The fourth-order valence-electron chi connectivity index (χ4n) is 6.53. The Morgan fingerprint density at radius 2 is 1.11 bits per heavy atom. The second-order valence-electron chi connectivity index (χ2n) is 17.4. The van der Waals surface area contributed by atoms with E-state index >= 15 is 0 Å². The van der Waals surface area contributed by atoms with Crippen molar-refractivity contribution in [2.75, 3.05) is 6.61 Å². The Kier molecular flexibility index (Phi) is 8.35. The summed E-state index contributed by atoms with van der Waals surface area (Å²) < 4.78 is 11.9. The van der Waals surface area contributed by atoms with Gasteiger partial charge in [-0.2, -0.15) is 0 Å². The van der Waals surface area contributed by atoms with Crippen molar-refractivity contribution in [3.8, 4) is 22.3 Å². The standard InChI is InChI=1S/C42H53NO4/c1-15-46-38(45)36-34-31-22-29(42(12,13)14)17-24-16-28(41(9,10)11)21-30(32(24)31)33(34)35(43-36)37(47-23(2)44)25-18-26(39(3,4)5)20-27(19-25)40(6,7)8/h16-22,37,43H,15H2,1-14H3. The first-order chi connectivity index (χ1) is 21.5. The van der Waals surface area contributed by atoms with Crippen molar-refractivity contribution in [1.82, 2.24) is 4.98 Å². The van der Waals surface area contributed by atoms with Gasteiger partial charge in [0.2, 0.25) is 0 Å². The summed E-state index contributed by atoms with van der Waals surface area (Å²) in [5.74, 6) is -0.817. The van der Waals surface area contributed by atoms with Gasteiger partial charge in [-0.15, -0.1) is 0 Å². The second kappa shape index (κ2) is 11.4. The highest BCUT2D eigenvalue weighted by atomic mass is 16.5. The van der Waals surface area contributed by atoms with Crippen LogP contribution >= 0.6 is 0 Å². The van der Waals surface area contributed by atoms with Crippen LogP contribution in [0.3, 0.4) is 0 Å². The normalized spacial score (nSPS) is 13.9. The molecule has 1 N–H and O–H groups in total. The van der Waals surface area contributed by atoms with Crippen molar-refractivity contribution in [3.05, 3.63) is 81.7 Å². The molecule has 3 aromatic carbocycles. The summed E-state index contributed by atoms with van der Waals surface area (Å²) in [6, 6.07) is 15.6. The summed E-state index contributed by atoms with van der Waals surface area (Å²) in [5, 5.41) is 2.25. The third-order valence-electron chi connectivity index (χ3n) is 9.36. The number of hydrogen-bond acceptors (Lipinski definition) is 4. The van der Waals surface area contributed by atoms with Gasteiger partial charge in [0.15, 0.2) is 6.10 Å². The van der Waals surface area contributed by atoms with Gasteiger partial charge >= 0.3 is 11.9 Å². The van der Waals surface area contributed by atoms with Gasteiger partial charge in [-0.05, 0) is 90.4 Å². The van der Waals surface area contributed by atoms with Crippen LogP contribution in [-0.2, 0) is 35.9 Å². The number of carbonyl (C=O) groups is 2. The van der Waals surface area contributed by atoms with Gasteiger partial charge in [-0.25, -0.2) is 4.79 Å². The van der Waals surface area contributed by atoms with Crippen molar-refractivity contribution in [2.24, 2.45) is 0 Å². The number of aromatic amines is 1. The lowest BCUT2D eigenvalue weighted by atomic mass is 9.78. The molecule has 1 aliphatic rings. The van der Waals surface area contributed by atoms with Gasteiger partial charge in [0.25, 0.3) is 0 Å². The van der Waals surface area contributed by atoms with Crippen LogP contribution in [0, 0.1) is 0 Å². The van der Waals surface area contributed by atoms with Gasteiger partial charge in [0.1, 0.15) is 5.69 Å². The van der Waals surface area contributed by atoms with Crippen molar-refractivity contribution in [1.29, 1.82) is 0 Å². The van der Waals surface area contributed by atoms with Crippen LogP contribution < -0.4 is 0 Å². The van der Waals surface area contributed by atoms with E-state index in [1.807, 2.05) is 6.92 Å². The molecule has 0 saturated heterocycles. The second-order valence-corrected chi connectivity index (χ2v) is 17.4. The van der Waals surface area contributed by atoms with E-state index in [-0.39, 0.29) is 28.3 Å². The molecule has 0 radical (unpaired) electrons. The maximum absolute atomic E-state index is 13.8. The van der Waals surface area contributed by atoms with Crippen LogP contribution in [0.5, 0.6) is 0 Å². The lowest BCUT2D eigenvalue weighted by Crippen LogP contribution is -2.19. The predicted molar refractivity (Wildman–Crippen MR) is 194 cm³/mol. The Morgan fingerprint density at radius 3 is 1.53 bits per heavy atom. The first kappa shape index (κ1) is 34.5. The summed E-state index contributed by atoms with van der Waals surface area (Å²) in [6.45, 7) is 30.0. The summed E-state index contributed by atoms with van der Waals surface area (Å²) in [5.41, 5.74) is 9.87. The first-order valence-corrected chi connectivity index (χ1v) is 16.9. The van der Waals surface area contributed by atoms with Crippen molar-refractivity contribution in [3.63, 3.8) is 0 Å². The molecule has 0 fully saturated rings. The number of hydrogen-bond donors (Lipinski definition) is 1. The van der Waals surface area contributed by atoms with E-state index in [2.05, 4.69) is 131 Å². The molecule has 1 heterocycles. The number of esters is 2. The van der Waals surface area contributed by atoms with E-state index in [1.165, 1.54) is 18.1 Å². The first-order valence-electron chi connectivity index (χ1n) is 16.9. The van der Waals surface area contributed by atoms with Crippen LogP contribution in [0.4, 0.5) is 0 Å². The highest BCUT2D eigenvalue weighted by molar-refractivity contribution is 6.20. The molecule has 4 aromatic rings. The summed E-state index contributed by atoms with van der Waals surface area (Å²) in [6.07, 6.45) is -0.780. The minimum Gasteiger partial charge on any atom is -0.461 e. The number of ether oxygens (including phenoxy) is 2. The fraction of sp³-hybridized carbons (Fsp3) is 0.476. The topological polar surface area (TPSA) is 68.4 Å². The number of carbonyl (C=O) groups excluding carboxylic acids is 2. The molecule has 0 amide bonds. The largest absolute Gasteiger partial charge is 0.461 e. The van der Waals surface area contributed by atoms with E-state index in [4.69, 9.17) is 9.47 Å². The van der Waals surface area contributed by atoms with Crippen LogP contribution in [-0.4, -0.2) is 23.5 Å². The maximum atomic E-state index is 13.8. The Hall–Kier alpha value is -3.86. The maximum Gasteiger partial charge on any atom is 0.355 e. The summed E-state index contributed by atoms with van der Waals surface area (Å²) in [7, 11) is 0. The predicted octanol–water partition coefficient (Wildman–Crippen LogP) is 10.8. The monoisotopic (exact) mass is 635 g/mol. The van der Waals surface area contributed by atoms with Gasteiger partial charge in [-0.1, -0.05) is 113 Å². The van der Waals surface area contributed by atoms with Gasteiger partial charge in [-0.3, -0.25) is 4.79 Å². The molecule has 0 aliphatic heterocycles. The van der Waals surface area contributed by atoms with E-state index in [9.17, 15) is 9.59 Å². The Labute approximate surface area is 281 Å². The molecule has 250 valence electrons. The quantitative estimate of drug-likeness (QED) is 0.195. The van der Waals surface area contributed by atoms with Crippen molar-refractivity contribution < 1.29 is 19.1 Å². The Balaban J connectivity index is 1.94. The number of H-pyrrole nitrogens is 1. The van der Waals surface area contributed by atoms with Crippen LogP contribution in [0.15, 0.2) is 42.5 Å². The average Bonchev–Trinajstić information content (AvgIpc) is 3.47. The molecule has 5 heteroatoms. The minimum atomic E-state index is -0.780. The van der Waals surface area contributed by atoms with Crippen molar-refractivity contribution >= 4 is 22.7 Å². The third kappa shape index (κ3) is 6.38. The summed E-state index contributed by atoms with van der Waals surface area (Å²) in [4.78, 5) is 30.2. The molecular formula is C42H53NO4. The number of fused-ring (bicyclic) bond motifs is 3. The van der Waals surface area contributed by atoms with E-state index in [0.717, 1.165) is 49.7 Å². The highest BCUT2D eigenvalue weighted by Gasteiger charge is 2.38. The zero-order chi connectivity index (χ0) is 35.0. The van der Waals surface area contributed by atoms with Gasteiger partial charge in [0.05, 0.1) is 12.3 Å². The molecule has 1 unspecified atom stereocenters. The van der Waals surface area contributed by atoms with Gasteiger partial charge in [0, 0.05) is 18.1 Å². The molecule has 5 nitrogen and oxygen atoms in total. The SMILES string of the molecule is CCOC(=O)c1[nH]c(C(OC(C)=O)c2cc(C(C)(C)C)cc(C(C)(C)C)c2)c2c1-c1cc(C(C)(C)C)cc3cc(C(C)(C)C)cc-2c13. The zero-order valence-electron chi connectivity index (χ0n) is 31.0. The highest BCUT2D eigenvalue weighted by Crippen LogP contribution is 2.55. The molecule has 1 aliphatic carbocycles. The summed E-state index contributed by atoms with van der Waals surface area (Å²) >= 11 is 0. The number of aromatic nitrogens is 1. The molecule has 0 bridgehead atoms. The fourth-order valence-corrected chi connectivity index (χ4v) is 6.53. The number of rotatable bonds is 5. The lowest BCUT2D eigenvalue weighted by molar-refractivity contribution is -0.144. The molecule has 0 saturated carbocycles. The molecular weight excluding hydrogens is 582 g/mol. The van der Waals surface area contributed by atoms with Crippen molar-refractivity contribution in [2.45, 2.75) is 125 Å². The Bertz CT molecular complexity index is 1860. The zero-order valence-corrected chi connectivity index (χ0v) is 31.0. The van der Waals surface area contributed by atoms with Crippen LogP contribution in [0.2, 0.25) is 0 Å². The van der Waals surface area contributed by atoms with Crippen LogP contribution in [0.25, 0.3) is 33.0 Å². The molecule has 1 aromatic heterocycles. The molecule has 1 atom stereocenters. The molecule has 0 spiro atoms. The molecule has 47 heavy (non-hydrogen) atoms. The van der Waals surface area contributed by atoms with Gasteiger partial charge < -0.3 is 14.5 Å². The average molecular weight is 636 g/mol. The van der Waals surface area contributed by atoms with E-state index < -0.39 is 18.0 Å². The third-order valence-corrected chi connectivity index (χ3v) is 9.36.